The minimum atomic E-state index is -4.84. The van der Waals surface area contributed by atoms with Crippen molar-refractivity contribution in [2.24, 2.45) is 0 Å². The van der Waals surface area contributed by atoms with Crippen LogP contribution in [0, 0.1) is 5.82 Å². The minimum absolute atomic E-state index is 0.121. The van der Waals surface area contributed by atoms with Crippen LogP contribution in [0.15, 0.2) is 24.4 Å². The summed E-state index contributed by atoms with van der Waals surface area (Å²) in [6.45, 7) is 0. The molecule has 29 heavy (non-hydrogen) atoms. The molecule has 1 aliphatic carbocycles. The molecule has 3 aromatic rings. The first-order chi connectivity index (χ1) is 13.4. The first-order valence-corrected chi connectivity index (χ1v) is 7.78. The lowest BCUT2D eigenvalue weighted by Crippen LogP contribution is -2.64. The van der Waals surface area contributed by atoms with Gasteiger partial charge in [-0.2, -0.15) is 40.3 Å². The van der Waals surface area contributed by atoms with Gasteiger partial charge in [-0.3, -0.25) is 0 Å². The van der Waals surface area contributed by atoms with E-state index < -0.39 is 48.1 Å². The van der Waals surface area contributed by atoms with Crippen molar-refractivity contribution in [3.8, 4) is 17.1 Å². The lowest BCUT2D eigenvalue weighted by Gasteiger charge is -2.42. The molecule has 1 saturated carbocycles. The monoisotopic (exact) mass is 425 g/mol. The second-order valence-corrected chi connectivity index (χ2v) is 6.16. The van der Waals surface area contributed by atoms with E-state index in [1.54, 1.807) is 0 Å². The molecule has 0 aliphatic heterocycles. The van der Waals surface area contributed by atoms with Crippen molar-refractivity contribution in [2.45, 2.75) is 30.5 Å². The molecular formula is C15H7F8N5O. The van der Waals surface area contributed by atoms with Crippen LogP contribution in [0.3, 0.4) is 0 Å². The maximum atomic E-state index is 14.2. The van der Waals surface area contributed by atoms with E-state index in [-0.39, 0.29) is 16.9 Å². The summed E-state index contributed by atoms with van der Waals surface area (Å²) in [5.74, 6) is -12.4. The quantitative estimate of drug-likeness (QED) is 0.598. The normalized spacial score (nSPS) is 20.5. The molecule has 14 heteroatoms. The Morgan fingerprint density at radius 1 is 1.10 bits per heavy atom. The van der Waals surface area contributed by atoms with Crippen molar-refractivity contribution in [1.82, 2.24) is 24.8 Å². The Morgan fingerprint density at radius 3 is 2.41 bits per heavy atom. The third kappa shape index (κ3) is 3.02. The van der Waals surface area contributed by atoms with Crippen molar-refractivity contribution >= 4 is 5.65 Å². The molecule has 0 amide bonds. The number of aromatic nitrogens is 5. The first-order valence-electron chi connectivity index (χ1n) is 7.78. The van der Waals surface area contributed by atoms with Crippen LogP contribution >= 0.6 is 0 Å². The average Bonchev–Trinajstić information content (AvgIpc) is 3.06. The number of rotatable bonds is 3. The van der Waals surface area contributed by atoms with E-state index in [0.29, 0.717) is 10.6 Å². The Balaban J connectivity index is 1.63. The fourth-order valence-electron chi connectivity index (χ4n) is 2.62. The van der Waals surface area contributed by atoms with Gasteiger partial charge in [-0.25, -0.2) is 9.37 Å². The van der Waals surface area contributed by atoms with Crippen LogP contribution in [0.1, 0.15) is 12.2 Å². The summed E-state index contributed by atoms with van der Waals surface area (Å²) in [5, 5.41) is 9.98. The number of pyridine rings is 1. The summed E-state index contributed by atoms with van der Waals surface area (Å²) < 4.78 is 110. The van der Waals surface area contributed by atoms with Crippen LogP contribution < -0.4 is 4.74 Å². The van der Waals surface area contributed by atoms with Crippen LogP contribution in [0.5, 0.6) is 5.88 Å². The second-order valence-electron chi connectivity index (χ2n) is 6.16. The standard InChI is InChI=1S/C15H7F8N5O/c16-7-3-6(5-24-11(7)29-9-4-13(17,18)14(9,19)20)8-1-2-10-25-26-12(15(21,22)23)28(10)27-8/h1-3,5,9H,4H2/t9-/m1/s1. The van der Waals surface area contributed by atoms with E-state index in [9.17, 15) is 35.1 Å². The van der Waals surface area contributed by atoms with Gasteiger partial charge >= 0.3 is 18.0 Å². The van der Waals surface area contributed by atoms with Crippen LogP contribution in [-0.2, 0) is 6.18 Å². The SMILES string of the molecule is Fc1cc(-c2ccc3nnc(C(F)(F)F)n3n2)cnc1O[C@@H]1CC(F)(F)C1(F)F. The molecule has 3 aromatic heterocycles. The van der Waals surface area contributed by atoms with Gasteiger partial charge in [0.1, 0.15) is 0 Å². The van der Waals surface area contributed by atoms with Gasteiger partial charge in [0.15, 0.2) is 17.6 Å². The number of nitrogens with zero attached hydrogens (tertiary/aromatic N) is 5. The molecular weight excluding hydrogens is 418 g/mol. The average molecular weight is 425 g/mol. The highest BCUT2D eigenvalue weighted by Gasteiger charge is 2.73. The fourth-order valence-corrected chi connectivity index (χ4v) is 2.62. The van der Waals surface area contributed by atoms with E-state index >= 15 is 0 Å². The molecule has 0 spiro atoms. The Labute approximate surface area is 155 Å². The Hall–Kier alpha value is -3.06. The molecule has 1 atom stereocenters. The smallest absolute Gasteiger partial charge is 0.453 e. The van der Waals surface area contributed by atoms with Gasteiger partial charge in [0, 0.05) is 11.8 Å². The van der Waals surface area contributed by atoms with E-state index in [1.807, 2.05) is 0 Å². The lowest BCUT2D eigenvalue weighted by molar-refractivity contribution is -0.324. The third-order valence-corrected chi connectivity index (χ3v) is 4.21. The number of hydrogen-bond acceptors (Lipinski definition) is 5. The summed E-state index contributed by atoms with van der Waals surface area (Å²) in [6, 6.07) is 3.06. The molecule has 1 fully saturated rings. The highest BCUT2D eigenvalue weighted by Crippen LogP contribution is 2.52. The highest BCUT2D eigenvalue weighted by molar-refractivity contribution is 5.59. The largest absolute Gasteiger partial charge is 0.465 e. The van der Waals surface area contributed by atoms with Gasteiger partial charge in [-0.05, 0) is 18.2 Å². The van der Waals surface area contributed by atoms with Gasteiger partial charge in [-0.1, -0.05) is 0 Å². The summed E-state index contributed by atoms with van der Waals surface area (Å²) in [4.78, 5) is 3.45. The second kappa shape index (κ2) is 5.97. The molecule has 0 saturated heterocycles. The predicted molar refractivity (Wildman–Crippen MR) is 77.9 cm³/mol. The summed E-state index contributed by atoms with van der Waals surface area (Å²) in [6.07, 6.45) is -7.53. The van der Waals surface area contributed by atoms with Crippen molar-refractivity contribution in [2.75, 3.05) is 0 Å². The maximum Gasteiger partial charge on any atom is 0.453 e. The van der Waals surface area contributed by atoms with Gasteiger partial charge in [0.05, 0.1) is 12.1 Å². The van der Waals surface area contributed by atoms with Crippen molar-refractivity contribution in [1.29, 1.82) is 0 Å². The Morgan fingerprint density at radius 2 is 1.83 bits per heavy atom. The van der Waals surface area contributed by atoms with Crippen molar-refractivity contribution in [3.63, 3.8) is 0 Å². The molecule has 0 radical (unpaired) electrons. The molecule has 1 aliphatic rings. The fraction of sp³-hybridized carbons (Fsp3) is 0.333. The van der Waals surface area contributed by atoms with E-state index in [4.69, 9.17) is 0 Å². The van der Waals surface area contributed by atoms with Gasteiger partial charge in [0.25, 0.3) is 11.7 Å². The Bertz CT molecular complexity index is 1100. The molecule has 0 aromatic carbocycles. The highest BCUT2D eigenvalue weighted by atomic mass is 19.4. The number of ether oxygens (including phenoxy) is 1. The van der Waals surface area contributed by atoms with Crippen LogP contribution in [0.4, 0.5) is 35.1 Å². The summed E-state index contributed by atoms with van der Waals surface area (Å²) in [5.41, 5.74) is -0.506. The zero-order chi connectivity index (χ0) is 21.2. The number of alkyl halides is 7. The van der Waals surface area contributed by atoms with Crippen molar-refractivity contribution < 1.29 is 39.9 Å². The molecule has 6 nitrogen and oxygen atoms in total. The zero-order valence-electron chi connectivity index (χ0n) is 13.8. The van der Waals surface area contributed by atoms with Crippen LogP contribution in [-0.4, -0.2) is 42.7 Å². The number of hydrogen-bond donors (Lipinski definition) is 0. The lowest BCUT2D eigenvalue weighted by atomic mass is 9.85. The third-order valence-electron chi connectivity index (χ3n) is 4.21. The van der Waals surface area contributed by atoms with Gasteiger partial charge < -0.3 is 4.74 Å². The molecule has 0 bridgehead atoms. The maximum absolute atomic E-state index is 14.2. The first kappa shape index (κ1) is 19.3. The molecule has 0 unspecified atom stereocenters. The molecule has 3 heterocycles. The topological polar surface area (TPSA) is 65.2 Å². The van der Waals surface area contributed by atoms with Crippen LogP contribution in [0.25, 0.3) is 16.9 Å². The van der Waals surface area contributed by atoms with E-state index in [0.717, 1.165) is 12.3 Å². The minimum Gasteiger partial charge on any atom is -0.465 e. The van der Waals surface area contributed by atoms with Gasteiger partial charge in [-0.15, -0.1) is 10.2 Å². The van der Waals surface area contributed by atoms with Crippen molar-refractivity contribution in [3.05, 3.63) is 36.0 Å². The molecule has 154 valence electrons. The Kier molecular flexibility index (Phi) is 3.96. The van der Waals surface area contributed by atoms with Gasteiger partial charge in [0.2, 0.25) is 0 Å². The van der Waals surface area contributed by atoms with E-state index in [2.05, 4.69) is 25.0 Å². The number of fused-ring (bicyclic) bond motifs is 1. The molecule has 0 N–H and O–H groups in total. The zero-order valence-corrected chi connectivity index (χ0v) is 13.8. The summed E-state index contributed by atoms with van der Waals surface area (Å²) >= 11 is 0. The van der Waals surface area contributed by atoms with E-state index in [1.165, 1.54) is 6.07 Å². The summed E-state index contributed by atoms with van der Waals surface area (Å²) in [7, 11) is 0. The number of halogens is 8. The van der Waals surface area contributed by atoms with Crippen LogP contribution in [0.2, 0.25) is 0 Å². The predicted octanol–water partition coefficient (Wildman–Crippen LogP) is 3.77. The molecule has 4 rings (SSSR count).